The third-order valence-corrected chi connectivity index (χ3v) is 2.72. The molecule has 0 unspecified atom stereocenters. The third kappa shape index (κ3) is 5.93. The topological polar surface area (TPSA) is 64.3 Å². The fourth-order valence-corrected chi connectivity index (χ4v) is 1.79. The second-order valence-electron chi connectivity index (χ2n) is 5.89. The zero-order valence-electron chi connectivity index (χ0n) is 12.9. The average molecular weight is 318 g/mol. The molecule has 124 valence electrons. The van der Waals surface area contributed by atoms with Gasteiger partial charge >= 0.3 is 12.3 Å². The lowest BCUT2D eigenvalue weighted by molar-refractivity contribution is -0.137. The van der Waals surface area contributed by atoms with Crippen molar-refractivity contribution in [1.82, 2.24) is 0 Å². The standard InChI is InChI=1S/C15H21F3N2O2/c1-14(2,3)22-13(21)20-12-9-11(15(16,17)18)7-6-10(12)5-4-8-19/h6-7,9H,4-5,8,19H2,1-3H3,(H,20,21). The maximum absolute atomic E-state index is 12.8. The number of nitrogens with two attached hydrogens (primary N) is 1. The van der Waals surface area contributed by atoms with E-state index in [-0.39, 0.29) is 5.69 Å². The van der Waals surface area contributed by atoms with Crippen molar-refractivity contribution in [2.24, 2.45) is 5.73 Å². The highest BCUT2D eigenvalue weighted by Crippen LogP contribution is 2.32. The SMILES string of the molecule is CC(C)(C)OC(=O)Nc1cc(C(F)(F)F)ccc1CCCN. The molecule has 0 bridgehead atoms. The van der Waals surface area contributed by atoms with E-state index in [1.807, 2.05) is 0 Å². The summed E-state index contributed by atoms with van der Waals surface area (Å²) < 4.78 is 43.5. The van der Waals surface area contributed by atoms with E-state index in [0.29, 0.717) is 24.9 Å². The van der Waals surface area contributed by atoms with Crippen LogP contribution in [0.1, 0.15) is 38.3 Å². The van der Waals surface area contributed by atoms with Gasteiger partial charge in [-0.25, -0.2) is 4.79 Å². The van der Waals surface area contributed by atoms with E-state index in [1.54, 1.807) is 20.8 Å². The number of amides is 1. The zero-order valence-corrected chi connectivity index (χ0v) is 12.9. The van der Waals surface area contributed by atoms with Crippen LogP contribution in [0.25, 0.3) is 0 Å². The Hall–Kier alpha value is -1.76. The maximum atomic E-state index is 12.8. The van der Waals surface area contributed by atoms with E-state index in [1.165, 1.54) is 6.07 Å². The summed E-state index contributed by atoms with van der Waals surface area (Å²) in [5.41, 5.74) is 4.54. The highest BCUT2D eigenvalue weighted by Gasteiger charge is 2.31. The van der Waals surface area contributed by atoms with Gasteiger partial charge in [-0.05, 0) is 57.9 Å². The molecule has 7 heteroatoms. The highest BCUT2D eigenvalue weighted by atomic mass is 19.4. The lowest BCUT2D eigenvalue weighted by Gasteiger charge is -2.21. The summed E-state index contributed by atoms with van der Waals surface area (Å²) in [6.45, 7) is 5.43. The number of hydrogen-bond acceptors (Lipinski definition) is 3. The smallest absolute Gasteiger partial charge is 0.416 e. The van der Waals surface area contributed by atoms with Crippen LogP contribution in [0.15, 0.2) is 18.2 Å². The number of ether oxygens (including phenoxy) is 1. The van der Waals surface area contributed by atoms with Crippen molar-refractivity contribution in [3.63, 3.8) is 0 Å². The maximum Gasteiger partial charge on any atom is 0.416 e. The third-order valence-electron chi connectivity index (χ3n) is 2.72. The molecule has 0 saturated heterocycles. The fourth-order valence-electron chi connectivity index (χ4n) is 1.79. The number of hydrogen-bond donors (Lipinski definition) is 2. The van der Waals surface area contributed by atoms with Gasteiger partial charge in [0.2, 0.25) is 0 Å². The molecule has 0 heterocycles. The summed E-state index contributed by atoms with van der Waals surface area (Å²) >= 11 is 0. The van der Waals surface area contributed by atoms with Crippen molar-refractivity contribution in [1.29, 1.82) is 0 Å². The normalized spacial score (nSPS) is 12.1. The highest BCUT2D eigenvalue weighted by molar-refractivity contribution is 5.86. The van der Waals surface area contributed by atoms with Crippen LogP contribution < -0.4 is 11.1 Å². The Balaban J connectivity index is 3.03. The predicted octanol–water partition coefficient (Wildman–Crippen LogP) is 3.94. The summed E-state index contributed by atoms with van der Waals surface area (Å²) in [5, 5.41) is 2.39. The molecule has 1 aromatic carbocycles. The summed E-state index contributed by atoms with van der Waals surface area (Å²) in [6, 6.07) is 3.26. The van der Waals surface area contributed by atoms with Crippen molar-refractivity contribution in [2.45, 2.75) is 45.4 Å². The first kappa shape index (κ1) is 18.3. The molecule has 22 heavy (non-hydrogen) atoms. The van der Waals surface area contributed by atoms with Crippen LogP contribution in [-0.2, 0) is 17.3 Å². The van der Waals surface area contributed by atoms with Crippen molar-refractivity contribution in [2.75, 3.05) is 11.9 Å². The van der Waals surface area contributed by atoms with Gasteiger partial charge in [-0.1, -0.05) is 6.07 Å². The van der Waals surface area contributed by atoms with E-state index in [2.05, 4.69) is 5.32 Å². The number of carbonyl (C=O) groups is 1. The quantitative estimate of drug-likeness (QED) is 0.883. The van der Waals surface area contributed by atoms with Crippen LogP contribution in [0.2, 0.25) is 0 Å². The summed E-state index contributed by atoms with van der Waals surface area (Å²) in [7, 11) is 0. The second kappa shape index (κ2) is 7.00. The van der Waals surface area contributed by atoms with E-state index in [9.17, 15) is 18.0 Å². The summed E-state index contributed by atoms with van der Waals surface area (Å²) in [5.74, 6) is 0. The molecular weight excluding hydrogens is 297 g/mol. The Kier molecular flexibility index (Phi) is 5.82. The van der Waals surface area contributed by atoms with Gasteiger partial charge in [-0.3, -0.25) is 5.32 Å². The van der Waals surface area contributed by atoms with Gasteiger partial charge in [0.1, 0.15) is 5.60 Å². The number of aryl methyl sites for hydroxylation is 1. The fraction of sp³-hybridized carbons (Fsp3) is 0.533. The summed E-state index contributed by atoms with van der Waals surface area (Å²) in [4.78, 5) is 11.8. The first-order chi connectivity index (χ1) is 10.0. The van der Waals surface area contributed by atoms with Gasteiger partial charge in [0.15, 0.2) is 0 Å². The molecule has 0 aliphatic carbocycles. The van der Waals surface area contributed by atoms with Crippen LogP contribution in [0, 0.1) is 0 Å². The largest absolute Gasteiger partial charge is 0.444 e. The number of carbonyl (C=O) groups excluding carboxylic acids is 1. The monoisotopic (exact) mass is 318 g/mol. The second-order valence-corrected chi connectivity index (χ2v) is 5.89. The van der Waals surface area contributed by atoms with Crippen molar-refractivity contribution in [3.05, 3.63) is 29.3 Å². The molecule has 0 atom stereocenters. The van der Waals surface area contributed by atoms with Crippen LogP contribution >= 0.6 is 0 Å². The van der Waals surface area contributed by atoms with Crippen LogP contribution in [0.4, 0.5) is 23.7 Å². The molecule has 1 amide bonds. The van der Waals surface area contributed by atoms with Gasteiger partial charge in [0, 0.05) is 5.69 Å². The van der Waals surface area contributed by atoms with Gasteiger partial charge in [-0.15, -0.1) is 0 Å². The Morgan fingerprint density at radius 1 is 1.27 bits per heavy atom. The molecule has 0 aliphatic heterocycles. The van der Waals surface area contributed by atoms with Gasteiger partial charge in [0.05, 0.1) is 5.56 Å². The first-order valence-electron chi connectivity index (χ1n) is 6.93. The van der Waals surface area contributed by atoms with Crippen LogP contribution in [0.3, 0.4) is 0 Å². The molecule has 0 aromatic heterocycles. The predicted molar refractivity (Wildman–Crippen MR) is 78.7 cm³/mol. The molecule has 3 N–H and O–H groups in total. The molecule has 0 saturated carbocycles. The Morgan fingerprint density at radius 3 is 2.41 bits per heavy atom. The van der Waals surface area contributed by atoms with Gasteiger partial charge in [-0.2, -0.15) is 13.2 Å². The number of nitrogens with one attached hydrogen (secondary N) is 1. The number of rotatable bonds is 4. The summed E-state index contributed by atoms with van der Waals surface area (Å²) in [6.07, 6.45) is -4.19. The minimum absolute atomic E-state index is 0.0949. The van der Waals surface area contributed by atoms with Crippen molar-refractivity contribution < 1.29 is 22.7 Å². The Bertz CT molecular complexity index is 522. The first-order valence-corrected chi connectivity index (χ1v) is 6.93. The minimum Gasteiger partial charge on any atom is -0.444 e. The molecule has 1 rings (SSSR count). The van der Waals surface area contributed by atoms with Gasteiger partial charge in [0.25, 0.3) is 0 Å². The minimum atomic E-state index is -4.48. The van der Waals surface area contributed by atoms with E-state index in [4.69, 9.17) is 10.5 Å². The van der Waals surface area contributed by atoms with Crippen LogP contribution in [0.5, 0.6) is 0 Å². The Labute approximate surface area is 127 Å². The number of halogens is 3. The lowest BCUT2D eigenvalue weighted by Crippen LogP contribution is -2.27. The van der Waals surface area contributed by atoms with E-state index in [0.717, 1.165) is 12.1 Å². The Morgan fingerprint density at radius 2 is 1.91 bits per heavy atom. The molecule has 4 nitrogen and oxygen atoms in total. The van der Waals surface area contributed by atoms with Gasteiger partial charge < -0.3 is 10.5 Å². The van der Waals surface area contributed by atoms with Crippen molar-refractivity contribution in [3.8, 4) is 0 Å². The molecule has 1 aromatic rings. The number of benzene rings is 1. The van der Waals surface area contributed by atoms with E-state index >= 15 is 0 Å². The van der Waals surface area contributed by atoms with Crippen LogP contribution in [-0.4, -0.2) is 18.2 Å². The zero-order chi connectivity index (χ0) is 17.0. The molecule has 0 aliphatic rings. The molecule has 0 fully saturated rings. The molecule has 0 radical (unpaired) electrons. The van der Waals surface area contributed by atoms with E-state index < -0.39 is 23.4 Å². The van der Waals surface area contributed by atoms with Crippen molar-refractivity contribution >= 4 is 11.8 Å². The molecular formula is C15H21F3N2O2. The number of anilines is 1. The average Bonchev–Trinajstić information content (AvgIpc) is 2.33. The molecule has 0 spiro atoms. The lowest BCUT2D eigenvalue weighted by atomic mass is 10.0. The number of alkyl halides is 3.